The summed E-state index contributed by atoms with van der Waals surface area (Å²) in [5, 5.41) is 10.7. The highest BCUT2D eigenvalue weighted by Gasteiger charge is 2.22. The van der Waals surface area contributed by atoms with E-state index in [1.807, 2.05) is 0 Å². The maximum absolute atomic E-state index is 5.58. The summed E-state index contributed by atoms with van der Waals surface area (Å²) in [4.78, 5) is 10.9. The second-order valence-corrected chi connectivity index (χ2v) is 21.1. The summed E-state index contributed by atoms with van der Waals surface area (Å²) in [6.45, 7) is 4.30. The number of allylic oxidation sites excluding steroid dienone is 4. The Balaban J connectivity index is 0.806. The van der Waals surface area contributed by atoms with E-state index in [2.05, 4.69) is 299 Å². The molecule has 16 rings (SSSR count). The Morgan fingerprint density at radius 3 is 1.33 bits per heavy atom. The number of hydrogen-bond acceptors (Lipinski definition) is 2. The topological polar surface area (TPSA) is 45.5 Å². The number of fused-ring (bicyclic) bond motifs is 13. The maximum atomic E-state index is 5.58. The lowest BCUT2D eigenvalue weighted by Gasteiger charge is -2.14. The van der Waals surface area contributed by atoms with Crippen LogP contribution in [0.15, 0.2) is 267 Å². The minimum atomic E-state index is 0.666. The Hall–Kier alpha value is -10.6. The summed E-state index contributed by atoms with van der Waals surface area (Å²) in [5.74, 6) is 1.51. The van der Waals surface area contributed by atoms with Crippen LogP contribution in [0.4, 0.5) is 0 Å². The molecule has 0 aliphatic heterocycles. The normalized spacial score (nSPS) is 12.4. The zero-order chi connectivity index (χ0) is 53.7. The molecule has 0 amide bonds. The van der Waals surface area contributed by atoms with Gasteiger partial charge in [-0.05, 0) is 151 Å². The number of nitrogens with zero attached hydrogens (tertiary/aromatic N) is 6. The van der Waals surface area contributed by atoms with Crippen molar-refractivity contribution >= 4 is 104 Å². The van der Waals surface area contributed by atoms with Crippen LogP contribution in [0.25, 0.3) is 155 Å². The van der Waals surface area contributed by atoms with Crippen LogP contribution in [0, 0.1) is 0 Å². The highest BCUT2D eigenvalue weighted by Crippen LogP contribution is 2.42. The highest BCUT2D eigenvalue weighted by atomic mass is 15.1. The smallest absolute Gasteiger partial charge is 0.162 e. The Morgan fingerprint density at radius 1 is 0.346 bits per heavy atom. The van der Waals surface area contributed by atoms with E-state index in [-0.39, 0.29) is 0 Å². The van der Waals surface area contributed by atoms with Gasteiger partial charge < -0.3 is 13.7 Å². The summed E-state index contributed by atoms with van der Waals surface area (Å²) in [6, 6.07) is 90.5. The van der Waals surface area contributed by atoms with Gasteiger partial charge in [0.1, 0.15) is 5.82 Å². The van der Waals surface area contributed by atoms with Crippen LogP contribution in [0.3, 0.4) is 0 Å². The first-order valence-electron chi connectivity index (χ1n) is 28.0. The fraction of sp³-hybridized carbons (Fsp3) is 0.0400. The predicted octanol–water partition coefficient (Wildman–Crippen LogP) is 19.9. The van der Waals surface area contributed by atoms with Gasteiger partial charge in [0, 0.05) is 71.1 Å². The molecule has 5 aromatic heterocycles. The number of aromatic nitrogens is 6. The van der Waals surface area contributed by atoms with Crippen molar-refractivity contribution in [1.82, 2.24) is 28.2 Å². The molecule has 81 heavy (non-hydrogen) atoms. The van der Waals surface area contributed by atoms with Crippen LogP contribution in [-0.2, 0) is 0 Å². The Bertz CT molecular complexity index is 5290. The summed E-state index contributed by atoms with van der Waals surface area (Å²) >= 11 is 0. The largest absolute Gasteiger partial charge is 0.310 e. The lowest BCUT2D eigenvalue weighted by atomic mass is 10.0. The van der Waals surface area contributed by atoms with E-state index in [9.17, 15) is 0 Å². The van der Waals surface area contributed by atoms with Gasteiger partial charge in [-0.25, -0.2) is 9.97 Å². The van der Waals surface area contributed by atoms with Gasteiger partial charge in [0.15, 0.2) is 5.82 Å². The summed E-state index contributed by atoms with van der Waals surface area (Å²) in [7, 11) is 0. The summed E-state index contributed by atoms with van der Waals surface area (Å²) in [5.41, 5.74) is 19.2. The first kappa shape index (κ1) is 46.5. The molecule has 0 unspecified atom stereocenters. The van der Waals surface area contributed by atoms with Crippen molar-refractivity contribution in [2.45, 2.75) is 20.3 Å². The fourth-order valence-corrected chi connectivity index (χ4v) is 12.9. The monoisotopic (exact) mass is 1040 g/mol. The van der Waals surface area contributed by atoms with Gasteiger partial charge in [-0.15, -0.1) is 0 Å². The predicted molar refractivity (Wildman–Crippen MR) is 341 cm³/mol. The molecule has 11 aromatic carbocycles. The first-order chi connectivity index (χ1) is 40.1. The Labute approximate surface area is 467 Å². The third-order valence-corrected chi connectivity index (χ3v) is 16.6. The van der Waals surface area contributed by atoms with E-state index in [1.54, 1.807) is 0 Å². The minimum absolute atomic E-state index is 0.666. The molecule has 0 radical (unpaired) electrons. The molecule has 5 heterocycles. The Morgan fingerprint density at radius 2 is 0.765 bits per heavy atom. The van der Waals surface area contributed by atoms with Crippen molar-refractivity contribution in [3.8, 4) is 50.8 Å². The molecule has 0 atom stereocenters. The van der Waals surface area contributed by atoms with Crippen LogP contribution in [0.5, 0.6) is 0 Å². The third kappa shape index (κ3) is 7.27. The van der Waals surface area contributed by atoms with Crippen molar-refractivity contribution in [1.29, 1.82) is 0 Å². The molecule has 0 saturated heterocycles. The first-order valence-corrected chi connectivity index (χ1v) is 28.0. The molecular formula is C75H52N6. The molecule has 0 aliphatic carbocycles. The van der Waals surface area contributed by atoms with E-state index >= 15 is 0 Å². The van der Waals surface area contributed by atoms with Crippen LogP contribution in [0.1, 0.15) is 20.3 Å². The molecule has 6 nitrogen and oxygen atoms in total. The molecular weight excluding hydrogens is 985 g/mol. The van der Waals surface area contributed by atoms with Crippen molar-refractivity contribution in [2.24, 2.45) is 0 Å². The fourth-order valence-electron chi connectivity index (χ4n) is 12.9. The molecule has 0 N–H and O–H groups in total. The van der Waals surface area contributed by atoms with E-state index in [1.165, 1.54) is 87.5 Å². The highest BCUT2D eigenvalue weighted by molar-refractivity contribution is 6.15. The van der Waals surface area contributed by atoms with Gasteiger partial charge in [-0.2, -0.15) is 0 Å². The van der Waals surface area contributed by atoms with Crippen molar-refractivity contribution in [3.63, 3.8) is 0 Å². The average molecular weight is 1040 g/mol. The lowest BCUT2D eigenvalue weighted by molar-refractivity contribution is 1.07. The van der Waals surface area contributed by atoms with E-state index in [0.29, 0.717) is 5.82 Å². The number of benzene rings is 11. The summed E-state index contributed by atoms with van der Waals surface area (Å²) < 4.78 is 9.50. The van der Waals surface area contributed by atoms with Gasteiger partial charge in [0.25, 0.3) is 0 Å². The summed E-state index contributed by atoms with van der Waals surface area (Å²) in [6.07, 6.45) is 7.66. The lowest BCUT2D eigenvalue weighted by Crippen LogP contribution is -2.03. The molecule has 16 aromatic rings. The average Bonchev–Trinajstić information content (AvgIpc) is 4.47. The SMILES string of the molecule is C/C=C(\C=C/CC)n1c2ccccc2c2cc(-c3ccc4c(c3)c3ccccc3n4-c3cccc(-c4nc(-n5c6ccccc6c6cc(-c7ccc8c(c7)c7ccccc7n8-c7ccccc7)ccc65)c5ccccc5n4)c3)ccc21. The number of rotatable bonds is 9. The van der Waals surface area contributed by atoms with Crippen LogP contribution in [0.2, 0.25) is 0 Å². The molecule has 0 fully saturated rings. The van der Waals surface area contributed by atoms with Gasteiger partial charge >= 0.3 is 0 Å². The van der Waals surface area contributed by atoms with Gasteiger partial charge in [0.2, 0.25) is 0 Å². The van der Waals surface area contributed by atoms with Crippen molar-refractivity contribution < 1.29 is 0 Å². The zero-order valence-corrected chi connectivity index (χ0v) is 44.8. The van der Waals surface area contributed by atoms with Gasteiger partial charge in [-0.3, -0.25) is 4.57 Å². The molecule has 0 bridgehead atoms. The van der Waals surface area contributed by atoms with E-state index in [0.717, 1.165) is 67.7 Å². The maximum Gasteiger partial charge on any atom is 0.162 e. The van der Waals surface area contributed by atoms with Crippen molar-refractivity contribution in [3.05, 3.63) is 267 Å². The quantitative estimate of drug-likeness (QED) is 0.135. The molecule has 6 heteroatoms. The van der Waals surface area contributed by atoms with Crippen molar-refractivity contribution in [2.75, 3.05) is 0 Å². The third-order valence-electron chi connectivity index (χ3n) is 16.6. The zero-order valence-electron chi connectivity index (χ0n) is 44.8. The standard InChI is InChI=1S/C75H52N6/c1-3-5-21-53(4-2)78-66-31-15-10-25-56(66)61-44-48(35-39-70(61)78)50-37-41-72-63(46-50)58-27-12-17-33-68(58)80(72)55-24-19-20-52(43-55)74-76-65-30-14-9-29-60(65)75(77-74)81-69-34-18-13-28-59(69)64-47-51(38-42-73(64)81)49-36-40-71-62(45-49)57-26-11-16-32-67(57)79(71)54-22-7-6-8-23-54/h4-47H,3H2,1-2H3/b21-5-,53-4+. The molecule has 0 aliphatic rings. The number of para-hydroxylation sites is 6. The molecule has 382 valence electrons. The van der Waals surface area contributed by atoms with Gasteiger partial charge in [-0.1, -0.05) is 159 Å². The molecule has 0 spiro atoms. The van der Waals surface area contributed by atoms with E-state index < -0.39 is 0 Å². The second kappa shape index (κ2) is 18.5. The number of hydrogen-bond donors (Lipinski definition) is 0. The van der Waals surface area contributed by atoms with Crippen LogP contribution >= 0.6 is 0 Å². The second-order valence-electron chi connectivity index (χ2n) is 21.1. The van der Waals surface area contributed by atoms with Crippen LogP contribution in [-0.4, -0.2) is 28.2 Å². The minimum Gasteiger partial charge on any atom is -0.310 e. The molecule has 0 saturated carbocycles. The van der Waals surface area contributed by atoms with Crippen LogP contribution < -0.4 is 0 Å². The Kier molecular flexibility index (Phi) is 10.7. The van der Waals surface area contributed by atoms with E-state index in [4.69, 9.17) is 9.97 Å². The van der Waals surface area contributed by atoms with Gasteiger partial charge in [0.05, 0.1) is 49.7 Å².